The van der Waals surface area contributed by atoms with Gasteiger partial charge in [-0.15, -0.1) is 0 Å². The molecule has 0 atom stereocenters. The molecule has 0 spiro atoms. The molecule has 0 unspecified atom stereocenters. The van der Waals surface area contributed by atoms with Crippen LogP contribution in [0.25, 0.3) is 0 Å². The number of allylic oxidation sites excluding steroid dienone is 1. The highest BCUT2D eigenvalue weighted by atomic mass is 16.5. The standard InChI is InChI=1S/C17H21NO/c18-15-1-3-16(4-2-15)19-10-17-13-6-11-5-12(8-13)9-14(17)7-11/h1-4,10-14H,5-9,18H2. The van der Waals surface area contributed by atoms with E-state index in [4.69, 9.17) is 10.5 Å². The van der Waals surface area contributed by atoms with Crippen molar-refractivity contribution in [2.75, 3.05) is 5.73 Å². The molecule has 100 valence electrons. The molecule has 4 aliphatic rings. The Hall–Kier alpha value is -1.44. The number of ether oxygens (including phenoxy) is 1. The third-order valence-corrected chi connectivity index (χ3v) is 5.29. The largest absolute Gasteiger partial charge is 0.465 e. The predicted molar refractivity (Wildman–Crippen MR) is 76.6 cm³/mol. The van der Waals surface area contributed by atoms with Gasteiger partial charge in [-0.1, -0.05) is 0 Å². The molecule has 19 heavy (non-hydrogen) atoms. The number of rotatable bonds is 2. The van der Waals surface area contributed by atoms with Gasteiger partial charge in [-0.2, -0.15) is 0 Å². The van der Waals surface area contributed by atoms with Crippen molar-refractivity contribution in [1.29, 1.82) is 0 Å². The lowest BCUT2D eigenvalue weighted by atomic mass is 9.54. The Bertz CT molecular complexity index is 472. The van der Waals surface area contributed by atoms with E-state index >= 15 is 0 Å². The molecule has 5 rings (SSSR count). The summed E-state index contributed by atoms with van der Waals surface area (Å²) in [4.78, 5) is 0. The molecule has 1 aromatic carbocycles. The summed E-state index contributed by atoms with van der Waals surface area (Å²) < 4.78 is 5.87. The normalized spacial score (nSPS) is 35.5. The quantitative estimate of drug-likeness (QED) is 0.640. The Morgan fingerprint density at radius 2 is 1.47 bits per heavy atom. The van der Waals surface area contributed by atoms with Crippen LogP contribution in [-0.2, 0) is 0 Å². The molecule has 1 aromatic rings. The molecule has 2 nitrogen and oxygen atoms in total. The molecule has 4 fully saturated rings. The van der Waals surface area contributed by atoms with Crippen LogP contribution in [0.4, 0.5) is 5.69 Å². The minimum absolute atomic E-state index is 0.787. The van der Waals surface area contributed by atoms with Crippen LogP contribution in [0.1, 0.15) is 32.1 Å². The van der Waals surface area contributed by atoms with E-state index in [0.717, 1.165) is 35.1 Å². The van der Waals surface area contributed by atoms with E-state index in [9.17, 15) is 0 Å². The van der Waals surface area contributed by atoms with E-state index in [0.29, 0.717) is 0 Å². The lowest BCUT2D eigenvalue weighted by molar-refractivity contribution is 0.0669. The molecule has 0 saturated heterocycles. The lowest BCUT2D eigenvalue weighted by Gasteiger charge is -2.51. The molecular formula is C17H21NO. The third-order valence-electron chi connectivity index (χ3n) is 5.29. The average Bonchev–Trinajstić information content (AvgIpc) is 2.39. The summed E-state index contributed by atoms with van der Waals surface area (Å²) in [5.74, 6) is 4.54. The molecule has 4 saturated carbocycles. The fraction of sp³-hybridized carbons (Fsp3) is 0.529. The summed E-state index contributed by atoms with van der Waals surface area (Å²) in [7, 11) is 0. The summed E-state index contributed by atoms with van der Waals surface area (Å²) in [6.07, 6.45) is 9.18. The number of hydrogen-bond donors (Lipinski definition) is 1. The van der Waals surface area contributed by atoms with Gasteiger partial charge in [-0.25, -0.2) is 0 Å². The highest BCUT2D eigenvalue weighted by molar-refractivity contribution is 5.41. The highest BCUT2D eigenvalue weighted by Gasteiger charge is 2.45. The van der Waals surface area contributed by atoms with Gasteiger partial charge >= 0.3 is 0 Å². The van der Waals surface area contributed by atoms with Crippen molar-refractivity contribution >= 4 is 5.69 Å². The van der Waals surface area contributed by atoms with E-state index in [1.165, 1.54) is 32.1 Å². The zero-order valence-electron chi connectivity index (χ0n) is 11.2. The first kappa shape index (κ1) is 11.4. The second-order valence-electron chi connectivity index (χ2n) is 6.61. The van der Waals surface area contributed by atoms with Crippen LogP contribution >= 0.6 is 0 Å². The smallest absolute Gasteiger partial charge is 0.126 e. The van der Waals surface area contributed by atoms with Crippen molar-refractivity contribution in [2.45, 2.75) is 32.1 Å². The molecule has 2 heteroatoms. The first-order chi connectivity index (χ1) is 9.28. The van der Waals surface area contributed by atoms with Crippen molar-refractivity contribution in [3.8, 4) is 5.75 Å². The van der Waals surface area contributed by atoms with Gasteiger partial charge in [0, 0.05) is 5.69 Å². The Morgan fingerprint density at radius 3 is 2.05 bits per heavy atom. The molecule has 0 amide bonds. The lowest BCUT2D eigenvalue weighted by Crippen LogP contribution is -2.40. The minimum atomic E-state index is 0.787. The average molecular weight is 255 g/mol. The van der Waals surface area contributed by atoms with E-state index < -0.39 is 0 Å². The van der Waals surface area contributed by atoms with Crippen molar-refractivity contribution in [2.24, 2.45) is 23.7 Å². The monoisotopic (exact) mass is 255 g/mol. The Labute approximate surface area is 114 Å². The van der Waals surface area contributed by atoms with Gasteiger partial charge in [0.25, 0.3) is 0 Å². The van der Waals surface area contributed by atoms with Gasteiger partial charge in [0.2, 0.25) is 0 Å². The number of hydrogen-bond acceptors (Lipinski definition) is 2. The van der Waals surface area contributed by atoms with Gasteiger partial charge in [-0.3, -0.25) is 0 Å². The zero-order chi connectivity index (χ0) is 12.8. The van der Waals surface area contributed by atoms with E-state index in [2.05, 4.69) is 6.26 Å². The first-order valence-corrected chi connectivity index (χ1v) is 7.50. The predicted octanol–water partition coefficient (Wildman–Crippen LogP) is 3.99. The molecule has 2 N–H and O–H groups in total. The van der Waals surface area contributed by atoms with Crippen molar-refractivity contribution in [3.05, 3.63) is 36.1 Å². The fourth-order valence-corrected chi connectivity index (χ4v) is 4.60. The maximum Gasteiger partial charge on any atom is 0.126 e. The van der Waals surface area contributed by atoms with Crippen molar-refractivity contribution < 1.29 is 4.74 Å². The van der Waals surface area contributed by atoms with Crippen molar-refractivity contribution in [1.82, 2.24) is 0 Å². The number of nitrogens with two attached hydrogens (primary N) is 1. The maximum atomic E-state index is 5.87. The summed E-state index contributed by atoms with van der Waals surface area (Å²) in [6, 6.07) is 7.68. The van der Waals surface area contributed by atoms with Gasteiger partial charge < -0.3 is 10.5 Å². The topological polar surface area (TPSA) is 35.2 Å². The van der Waals surface area contributed by atoms with Crippen LogP contribution in [0.3, 0.4) is 0 Å². The summed E-state index contributed by atoms with van der Waals surface area (Å²) >= 11 is 0. The number of nitrogen functional groups attached to an aromatic ring is 1. The van der Waals surface area contributed by atoms with Gasteiger partial charge in [0.1, 0.15) is 5.75 Å². The highest BCUT2D eigenvalue weighted by Crippen LogP contribution is 2.56. The second-order valence-corrected chi connectivity index (χ2v) is 6.61. The molecule has 0 aliphatic heterocycles. The van der Waals surface area contributed by atoms with Gasteiger partial charge in [0.15, 0.2) is 0 Å². The van der Waals surface area contributed by atoms with Crippen LogP contribution in [0.15, 0.2) is 36.1 Å². The van der Waals surface area contributed by atoms with E-state index in [-0.39, 0.29) is 0 Å². The van der Waals surface area contributed by atoms with Crippen LogP contribution in [-0.4, -0.2) is 0 Å². The fourth-order valence-electron chi connectivity index (χ4n) is 4.60. The molecule has 4 aliphatic carbocycles. The van der Waals surface area contributed by atoms with Crippen LogP contribution < -0.4 is 10.5 Å². The summed E-state index contributed by atoms with van der Waals surface area (Å²) in [5, 5.41) is 0. The van der Waals surface area contributed by atoms with Gasteiger partial charge in [0.05, 0.1) is 6.26 Å². The summed E-state index contributed by atoms with van der Waals surface area (Å²) in [6.45, 7) is 0. The maximum absolute atomic E-state index is 5.87. The molecule has 0 heterocycles. The Morgan fingerprint density at radius 1 is 0.895 bits per heavy atom. The van der Waals surface area contributed by atoms with Crippen LogP contribution in [0, 0.1) is 23.7 Å². The zero-order valence-corrected chi connectivity index (χ0v) is 11.2. The van der Waals surface area contributed by atoms with Crippen LogP contribution in [0.5, 0.6) is 5.75 Å². The van der Waals surface area contributed by atoms with Crippen molar-refractivity contribution in [3.63, 3.8) is 0 Å². The Kier molecular flexibility index (Phi) is 2.57. The second kappa shape index (κ2) is 4.29. The van der Waals surface area contributed by atoms with E-state index in [1.807, 2.05) is 24.3 Å². The molecular weight excluding hydrogens is 234 g/mol. The first-order valence-electron chi connectivity index (χ1n) is 7.50. The van der Waals surface area contributed by atoms with Crippen LogP contribution in [0.2, 0.25) is 0 Å². The van der Waals surface area contributed by atoms with Gasteiger partial charge in [-0.05, 0) is 85.6 Å². The molecule has 0 radical (unpaired) electrons. The summed E-state index contributed by atoms with van der Waals surface area (Å²) in [5.41, 5.74) is 8.06. The minimum Gasteiger partial charge on any atom is -0.465 e. The number of anilines is 1. The third kappa shape index (κ3) is 2.03. The van der Waals surface area contributed by atoms with E-state index in [1.54, 1.807) is 5.57 Å². The Balaban J connectivity index is 1.52. The number of benzene rings is 1. The molecule has 0 aromatic heterocycles. The molecule has 4 bridgehead atoms. The SMILES string of the molecule is Nc1ccc(OC=C2C3CC4CC(C3)CC2C4)cc1.